The van der Waals surface area contributed by atoms with E-state index in [0.29, 0.717) is 17.1 Å². The number of amides is 2. The Morgan fingerprint density at radius 1 is 0.931 bits per heavy atom. The number of hydrogen-bond donors (Lipinski definition) is 2. The van der Waals surface area contributed by atoms with E-state index in [1.165, 1.54) is 17.6 Å². The van der Waals surface area contributed by atoms with E-state index in [0.717, 1.165) is 10.6 Å². The molecule has 2 heterocycles. The summed E-state index contributed by atoms with van der Waals surface area (Å²) >= 11 is 1.51. The molecule has 0 aliphatic heterocycles. The van der Waals surface area contributed by atoms with Gasteiger partial charge < -0.3 is 15.1 Å². The summed E-state index contributed by atoms with van der Waals surface area (Å²) in [4.78, 5) is 29.0. The van der Waals surface area contributed by atoms with E-state index in [2.05, 4.69) is 15.6 Å². The number of aromatic nitrogens is 1. The highest BCUT2D eigenvalue weighted by Gasteiger charge is 2.11. The Bertz CT molecular complexity index is 1120. The third kappa shape index (κ3) is 4.77. The lowest BCUT2D eigenvalue weighted by atomic mass is 10.2. The lowest BCUT2D eigenvalue weighted by Crippen LogP contribution is -2.15. The van der Waals surface area contributed by atoms with Gasteiger partial charge in [0.2, 0.25) is 5.91 Å². The summed E-state index contributed by atoms with van der Waals surface area (Å²) in [5, 5.41) is 8.35. The molecule has 0 aliphatic carbocycles. The van der Waals surface area contributed by atoms with Crippen LogP contribution in [0.4, 0.5) is 11.4 Å². The molecule has 0 saturated heterocycles. The monoisotopic (exact) mass is 403 g/mol. The third-order valence-electron chi connectivity index (χ3n) is 4.06. The van der Waals surface area contributed by atoms with Crippen LogP contribution in [-0.2, 0) is 11.2 Å². The molecule has 4 rings (SSSR count). The van der Waals surface area contributed by atoms with Gasteiger partial charge in [0.1, 0.15) is 5.01 Å². The predicted molar refractivity (Wildman–Crippen MR) is 113 cm³/mol. The highest BCUT2D eigenvalue weighted by atomic mass is 32.1. The van der Waals surface area contributed by atoms with Gasteiger partial charge in [-0.3, -0.25) is 9.59 Å². The molecule has 2 N–H and O–H groups in total. The number of nitrogens with zero attached hydrogens (tertiary/aromatic N) is 1. The van der Waals surface area contributed by atoms with Crippen LogP contribution in [0, 0.1) is 0 Å². The fourth-order valence-corrected chi connectivity index (χ4v) is 3.57. The lowest BCUT2D eigenvalue weighted by Gasteiger charge is -2.08. The second-order valence-corrected chi connectivity index (χ2v) is 7.11. The Morgan fingerprint density at radius 3 is 2.48 bits per heavy atom. The fraction of sp³-hybridized carbons (Fsp3) is 0.0455. The molecule has 144 valence electrons. The van der Waals surface area contributed by atoms with Crippen molar-refractivity contribution >= 4 is 34.5 Å². The zero-order valence-corrected chi connectivity index (χ0v) is 16.1. The Labute approximate surface area is 171 Å². The molecule has 0 fully saturated rings. The smallest absolute Gasteiger partial charge is 0.291 e. The predicted octanol–water partition coefficient (Wildman–Crippen LogP) is 4.84. The first kappa shape index (κ1) is 18.6. The van der Waals surface area contributed by atoms with Gasteiger partial charge in [0.05, 0.1) is 18.4 Å². The average molecular weight is 403 g/mol. The first-order valence-electron chi connectivity index (χ1n) is 8.92. The Morgan fingerprint density at radius 2 is 1.72 bits per heavy atom. The van der Waals surface area contributed by atoms with Crippen LogP contribution in [0.15, 0.2) is 82.8 Å². The van der Waals surface area contributed by atoms with E-state index in [-0.39, 0.29) is 24.0 Å². The molecule has 6 nitrogen and oxygen atoms in total. The van der Waals surface area contributed by atoms with Crippen LogP contribution in [0.3, 0.4) is 0 Å². The number of carbonyl (C=O) groups is 2. The van der Waals surface area contributed by atoms with Gasteiger partial charge in [-0.15, -0.1) is 11.3 Å². The van der Waals surface area contributed by atoms with Gasteiger partial charge in [-0.05, 0) is 30.3 Å². The van der Waals surface area contributed by atoms with Crippen molar-refractivity contribution in [2.24, 2.45) is 0 Å². The molecule has 7 heteroatoms. The summed E-state index contributed by atoms with van der Waals surface area (Å²) in [7, 11) is 0. The third-order valence-corrected chi connectivity index (χ3v) is 5.00. The lowest BCUT2D eigenvalue weighted by molar-refractivity contribution is -0.115. The number of carbonyl (C=O) groups excluding carboxylic acids is 2. The van der Waals surface area contributed by atoms with Gasteiger partial charge in [-0.25, -0.2) is 4.98 Å². The molecule has 2 amide bonds. The zero-order chi connectivity index (χ0) is 20.1. The Hall–Kier alpha value is -3.71. The van der Waals surface area contributed by atoms with Crippen molar-refractivity contribution in [3.05, 3.63) is 89.8 Å². The molecule has 4 aromatic rings. The van der Waals surface area contributed by atoms with E-state index in [9.17, 15) is 9.59 Å². The van der Waals surface area contributed by atoms with Crippen molar-refractivity contribution in [2.75, 3.05) is 10.6 Å². The van der Waals surface area contributed by atoms with Crippen LogP contribution >= 0.6 is 11.3 Å². The SMILES string of the molecule is O=C(Cc1csc(-c2ccccc2)n1)Nc1cccc(NC(=O)c2ccco2)c1. The molecule has 0 saturated carbocycles. The van der Waals surface area contributed by atoms with Crippen LogP contribution in [0.1, 0.15) is 16.2 Å². The zero-order valence-electron chi connectivity index (χ0n) is 15.3. The van der Waals surface area contributed by atoms with Gasteiger partial charge >= 0.3 is 0 Å². The van der Waals surface area contributed by atoms with E-state index in [4.69, 9.17) is 4.42 Å². The standard InChI is InChI=1S/C22H17N3O3S/c26-20(13-18-14-29-22(25-18)15-6-2-1-3-7-15)23-16-8-4-9-17(12-16)24-21(27)19-10-5-11-28-19/h1-12,14H,13H2,(H,23,26)(H,24,27). The molecule has 0 aliphatic rings. The minimum absolute atomic E-state index is 0.173. The molecule has 0 unspecified atom stereocenters. The molecule has 29 heavy (non-hydrogen) atoms. The van der Waals surface area contributed by atoms with Crippen LogP contribution in [0.2, 0.25) is 0 Å². The maximum absolute atomic E-state index is 12.4. The Kier molecular flexibility index (Phi) is 5.49. The van der Waals surface area contributed by atoms with Gasteiger partial charge in [0.25, 0.3) is 5.91 Å². The van der Waals surface area contributed by atoms with Crippen molar-refractivity contribution in [3.8, 4) is 10.6 Å². The number of nitrogens with one attached hydrogen (secondary N) is 2. The van der Waals surface area contributed by atoms with Crippen molar-refractivity contribution in [1.29, 1.82) is 0 Å². The van der Waals surface area contributed by atoms with Crippen LogP contribution in [0.25, 0.3) is 10.6 Å². The fourth-order valence-electron chi connectivity index (χ4n) is 2.75. The van der Waals surface area contributed by atoms with Crippen molar-refractivity contribution in [3.63, 3.8) is 0 Å². The molecular weight excluding hydrogens is 386 g/mol. The number of hydrogen-bond acceptors (Lipinski definition) is 5. The van der Waals surface area contributed by atoms with E-state index in [1.807, 2.05) is 35.7 Å². The minimum Gasteiger partial charge on any atom is -0.459 e. The normalized spacial score (nSPS) is 10.5. The highest BCUT2D eigenvalue weighted by molar-refractivity contribution is 7.13. The van der Waals surface area contributed by atoms with Crippen molar-refractivity contribution < 1.29 is 14.0 Å². The molecule has 0 atom stereocenters. The quantitative estimate of drug-likeness (QED) is 0.483. The Balaban J connectivity index is 1.37. The molecule has 0 bridgehead atoms. The topological polar surface area (TPSA) is 84.2 Å². The summed E-state index contributed by atoms with van der Waals surface area (Å²) in [6, 6.07) is 20.0. The van der Waals surface area contributed by atoms with E-state index >= 15 is 0 Å². The first-order valence-corrected chi connectivity index (χ1v) is 9.80. The first-order chi connectivity index (χ1) is 14.2. The number of furan rings is 1. The van der Waals surface area contributed by atoms with E-state index < -0.39 is 0 Å². The van der Waals surface area contributed by atoms with E-state index in [1.54, 1.807) is 36.4 Å². The van der Waals surface area contributed by atoms with Gasteiger partial charge in [-0.1, -0.05) is 36.4 Å². The molecule has 2 aromatic carbocycles. The maximum atomic E-state index is 12.4. The molecule has 0 spiro atoms. The van der Waals surface area contributed by atoms with Gasteiger partial charge in [0.15, 0.2) is 5.76 Å². The van der Waals surface area contributed by atoms with Crippen molar-refractivity contribution in [1.82, 2.24) is 4.98 Å². The summed E-state index contributed by atoms with van der Waals surface area (Å²) in [6.45, 7) is 0. The molecule has 0 radical (unpaired) electrons. The van der Waals surface area contributed by atoms with Gasteiger partial charge in [-0.2, -0.15) is 0 Å². The number of rotatable bonds is 6. The average Bonchev–Trinajstić information content (AvgIpc) is 3.41. The van der Waals surface area contributed by atoms with Crippen LogP contribution in [0.5, 0.6) is 0 Å². The highest BCUT2D eigenvalue weighted by Crippen LogP contribution is 2.24. The summed E-state index contributed by atoms with van der Waals surface area (Å²) in [5.74, 6) is -0.309. The summed E-state index contributed by atoms with van der Waals surface area (Å²) < 4.78 is 5.07. The number of benzene rings is 2. The molecular formula is C22H17N3O3S. The van der Waals surface area contributed by atoms with Crippen molar-refractivity contribution in [2.45, 2.75) is 6.42 Å². The largest absolute Gasteiger partial charge is 0.459 e. The van der Waals surface area contributed by atoms with Crippen LogP contribution < -0.4 is 10.6 Å². The second-order valence-electron chi connectivity index (χ2n) is 6.25. The summed E-state index contributed by atoms with van der Waals surface area (Å²) in [5.41, 5.74) is 2.90. The van der Waals surface area contributed by atoms with Crippen LogP contribution in [-0.4, -0.2) is 16.8 Å². The molecule has 2 aromatic heterocycles. The van der Waals surface area contributed by atoms with Gasteiger partial charge in [0, 0.05) is 22.3 Å². The maximum Gasteiger partial charge on any atom is 0.291 e. The number of thiazole rings is 1. The number of anilines is 2. The second kappa shape index (κ2) is 8.53. The minimum atomic E-state index is -0.352. The summed E-state index contributed by atoms with van der Waals surface area (Å²) in [6.07, 6.45) is 1.61.